The SMILES string of the molecule is CN(C)CCSCC(=O)c1ccn(C)c1. The molecule has 15 heavy (non-hydrogen) atoms. The first-order valence-corrected chi connectivity index (χ1v) is 6.12. The Bertz CT molecular complexity index is 320. The van der Waals surface area contributed by atoms with E-state index in [0.29, 0.717) is 5.75 Å². The monoisotopic (exact) mass is 226 g/mol. The molecule has 4 heteroatoms. The van der Waals surface area contributed by atoms with E-state index in [9.17, 15) is 4.79 Å². The predicted octanol–water partition coefficient (Wildman–Crippen LogP) is 1.50. The number of hydrogen-bond acceptors (Lipinski definition) is 3. The number of carbonyl (C=O) groups excluding carboxylic acids is 1. The Kier molecular flexibility index (Phi) is 4.91. The lowest BCUT2D eigenvalue weighted by Crippen LogP contribution is -2.15. The van der Waals surface area contributed by atoms with Gasteiger partial charge in [0.05, 0.1) is 5.75 Å². The summed E-state index contributed by atoms with van der Waals surface area (Å²) in [5, 5.41) is 0. The highest BCUT2D eigenvalue weighted by Crippen LogP contribution is 2.07. The fourth-order valence-electron chi connectivity index (χ4n) is 1.16. The van der Waals surface area contributed by atoms with E-state index in [4.69, 9.17) is 0 Å². The van der Waals surface area contributed by atoms with Crippen LogP contribution >= 0.6 is 11.8 Å². The smallest absolute Gasteiger partial charge is 0.174 e. The summed E-state index contributed by atoms with van der Waals surface area (Å²) in [6.07, 6.45) is 3.77. The molecule has 0 saturated heterocycles. The number of nitrogens with zero attached hydrogens (tertiary/aromatic N) is 2. The molecule has 0 amide bonds. The number of hydrogen-bond donors (Lipinski definition) is 0. The third kappa shape index (κ3) is 4.53. The number of thioether (sulfide) groups is 1. The molecule has 0 atom stereocenters. The summed E-state index contributed by atoms with van der Waals surface area (Å²) in [4.78, 5) is 13.8. The second-order valence-corrected chi connectivity index (χ2v) is 4.95. The number of carbonyl (C=O) groups is 1. The van der Waals surface area contributed by atoms with E-state index in [1.165, 1.54) is 0 Å². The molecule has 0 bridgehead atoms. The molecular formula is C11H18N2OS. The molecule has 1 aromatic rings. The van der Waals surface area contributed by atoms with Gasteiger partial charge < -0.3 is 9.47 Å². The maximum atomic E-state index is 11.7. The molecule has 0 aliphatic carbocycles. The quantitative estimate of drug-likeness (QED) is 0.543. The number of aromatic nitrogens is 1. The number of Topliss-reactive ketones (excluding diaryl/α,β-unsaturated/α-hetero) is 1. The molecular weight excluding hydrogens is 208 g/mol. The number of rotatable bonds is 6. The van der Waals surface area contributed by atoms with Crippen LogP contribution in [0.1, 0.15) is 10.4 Å². The zero-order valence-electron chi connectivity index (χ0n) is 9.56. The largest absolute Gasteiger partial charge is 0.357 e. The van der Waals surface area contributed by atoms with Crippen LogP contribution in [0, 0.1) is 0 Å². The van der Waals surface area contributed by atoms with Crippen molar-refractivity contribution in [2.45, 2.75) is 0 Å². The Labute approximate surface area is 95.4 Å². The van der Waals surface area contributed by atoms with Crippen LogP contribution in [0.5, 0.6) is 0 Å². The minimum absolute atomic E-state index is 0.222. The van der Waals surface area contributed by atoms with Gasteiger partial charge in [-0.1, -0.05) is 0 Å². The first-order valence-electron chi connectivity index (χ1n) is 4.97. The van der Waals surface area contributed by atoms with Crippen molar-refractivity contribution in [2.75, 3.05) is 32.1 Å². The third-order valence-electron chi connectivity index (χ3n) is 2.07. The van der Waals surface area contributed by atoms with Gasteiger partial charge in [0.15, 0.2) is 5.78 Å². The fraction of sp³-hybridized carbons (Fsp3) is 0.545. The van der Waals surface area contributed by atoms with E-state index in [2.05, 4.69) is 4.90 Å². The van der Waals surface area contributed by atoms with Crippen LogP contribution in [0.2, 0.25) is 0 Å². The van der Waals surface area contributed by atoms with E-state index in [0.717, 1.165) is 17.9 Å². The molecule has 0 unspecified atom stereocenters. The molecule has 84 valence electrons. The zero-order chi connectivity index (χ0) is 11.3. The molecule has 0 saturated carbocycles. The summed E-state index contributed by atoms with van der Waals surface area (Å²) >= 11 is 1.69. The topological polar surface area (TPSA) is 25.2 Å². The Balaban J connectivity index is 2.25. The highest BCUT2D eigenvalue weighted by molar-refractivity contribution is 8.00. The van der Waals surface area contributed by atoms with Gasteiger partial charge in [0.25, 0.3) is 0 Å². The van der Waals surface area contributed by atoms with Crippen LogP contribution in [0.25, 0.3) is 0 Å². The third-order valence-corrected chi connectivity index (χ3v) is 3.01. The van der Waals surface area contributed by atoms with Gasteiger partial charge in [-0.2, -0.15) is 11.8 Å². The normalized spacial score (nSPS) is 10.9. The lowest BCUT2D eigenvalue weighted by atomic mass is 10.2. The van der Waals surface area contributed by atoms with Crippen LogP contribution in [0.4, 0.5) is 0 Å². The summed E-state index contributed by atoms with van der Waals surface area (Å²) in [7, 11) is 6.01. The highest BCUT2D eigenvalue weighted by atomic mass is 32.2. The molecule has 0 fully saturated rings. The minimum Gasteiger partial charge on any atom is -0.357 e. The van der Waals surface area contributed by atoms with Crippen molar-refractivity contribution in [3.63, 3.8) is 0 Å². The van der Waals surface area contributed by atoms with Crippen molar-refractivity contribution in [3.8, 4) is 0 Å². The van der Waals surface area contributed by atoms with E-state index in [-0.39, 0.29) is 5.78 Å². The second kappa shape index (κ2) is 5.98. The van der Waals surface area contributed by atoms with Crippen molar-refractivity contribution < 1.29 is 4.79 Å². The van der Waals surface area contributed by atoms with Gasteiger partial charge in [0.2, 0.25) is 0 Å². The van der Waals surface area contributed by atoms with Gasteiger partial charge in [-0.05, 0) is 20.2 Å². The maximum Gasteiger partial charge on any atom is 0.174 e. The predicted molar refractivity (Wildman–Crippen MR) is 65.6 cm³/mol. The van der Waals surface area contributed by atoms with Crippen molar-refractivity contribution >= 4 is 17.5 Å². The van der Waals surface area contributed by atoms with Gasteiger partial charge in [-0.25, -0.2) is 0 Å². The number of aryl methyl sites for hydroxylation is 1. The van der Waals surface area contributed by atoms with E-state index < -0.39 is 0 Å². The first-order chi connectivity index (χ1) is 7.09. The lowest BCUT2D eigenvalue weighted by Gasteiger charge is -2.07. The van der Waals surface area contributed by atoms with Gasteiger partial charge in [0, 0.05) is 37.3 Å². The average Bonchev–Trinajstić information content (AvgIpc) is 2.59. The second-order valence-electron chi connectivity index (χ2n) is 3.84. The van der Waals surface area contributed by atoms with Crippen molar-refractivity contribution in [2.24, 2.45) is 7.05 Å². The summed E-state index contributed by atoms with van der Waals surface area (Å²) in [5.41, 5.74) is 0.815. The lowest BCUT2D eigenvalue weighted by molar-refractivity contribution is 0.102. The summed E-state index contributed by atoms with van der Waals surface area (Å²) < 4.78 is 1.90. The van der Waals surface area contributed by atoms with Crippen molar-refractivity contribution in [1.82, 2.24) is 9.47 Å². The van der Waals surface area contributed by atoms with E-state index in [1.54, 1.807) is 11.8 Å². The Morgan fingerprint density at radius 3 is 2.80 bits per heavy atom. The molecule has 0 spiro atoms. The van der Waals surface area contributed by atoms with Gasteiger partial charge in [-0.15, -0.1) is 0 Å². The van der Waals surface area contributed by atoms with Crippen molar-refractivity contribution in [1.29, 1.82) is 0 Å². The standard InChI is InChI=1S/C11H18N2OS/c1-12(2)6-7-15-9-11(14)10-4-5-13(3)8-10/h4-5,8H,6-7,9H2,1-3H3. The fourth-order valence-corrected chi connectivity index (χ4v) is 2.15. The summed E-state index contributed by atoms with van der Waals surface area (Å²) in [6.45, 7) is 1.02. The molecule has 0 aliphatic rings. The van der Waals surface area contributed by atoms with Crippen LogP contribution in [-0.2, 0) is 7.05 Å². The molecule has 0 N–H and O–H groups in total. The summed E-state index contributed by atoms with van der Waals surface area (Å²) in [6, 6.07) is 1.87. The van der Waals surface area contributed by atoms with Crippen LogP contribution in [0.15, 0.2) is 18.5 Å². The Morgan fingerprint density at radius 2 is 2.27 bits per heavy atom. The molecule has 0 aliphatic heterocycles. The van der Waals surface area contributed by atoms with Crippen LogP contribution < -0.4 is 0 Å². The molecule has 0 radical (unpaired) electrons. The van der Waals surface area contributed by atoms with Gasteiger partial charge in [-0.3, -0.25) is 4.79 Å². The van der Waals surface area contributed by atoms with E-state index >= 15 is 0 Å². The van der Waals surface area contributed by atoms with E-state index in [1.807, 2.05) is 44.2 Å². The van der Waals surface area contributed by atoms with Gasteiger partial charge >= 0.3 is 0 Å². The minimum atomic E-state index is 0.222. The Morgan fingerprint density at radius 1 is 1.53 bits per heavy atom. The number of ketones is 1. The summed E-state index contributed by atoms with van der Waals surface area (Å²) in [5.74, 6) is 1.81. The Hall–Kier alpha value is -0.740. The van der Waals surface area contributed by atoms with Gasteiger partial charge in [0.1, 0.15) is 0 Å². The van der Waals surface area contributed by atoms with Crippen molar-refractivity contribution in [3.05, 3.63) is 24.0 Å². The molecule has 3 nitrogen and oxygen atoms in total. The highest BCUT2D eigenvalue weighted by Gasteiger charge is 2.06. The zero-order valence-corrected chi connectivity index (χ0v) is 10.4. The molecule has 0 aromatic carbocycles. The average molecular weight is 226 g/mol. The first kappa shape index (κ1) is 12.3. The van der Waals surface area contributed by atoms with Crippen LogP contribution in [0.3, 0.4) is 0 Å². The molecule has 1 rings (SSSR count). The maximum absolute atomic E-state index is 11.7. The molecule has 1 aromatic heterocycles. The molecule has 1 heterocycles. The van der Waals surface area contributed by atoms with Crippen LogP contribution in [-0.4, -0.2) is 47.4 Å².